The van der Waals surface area contributed by atoms with Crippen molar-refractivity contribution in [2.45, 2.75) is 10.3 Å². The van der Waals surface area contributed by atoms with Crippen LogP contribution in [0, 0.1) is 0 Å². The molecule has 2 aromatic heterocycles. The fraction of sp³-hybridized carbons (Fsp3) is 0.429. The summed E-state index contributed by atoms with van der Waals surface area (Å²) in [5.41, 5.74) is 1.01. The smallest absolute Gasteiger partial charge is 0.250 e. The Morgan fingerprint density at radius 3 is 2.70 bits per heavy atom. The Balaban J connectivity index is 1.73. The lowest BCUT2D eigenvalue weighted by atomic mass is 10.1. The van der Waals surface area contributed by atoms with Crippen molar-refractivity contribution in [2.24, 2.45) is 0 Å². The molecule has 0 bridgehead atoms. The number of thiophene rings is 1. The van der Waals surface area contributed by atoms with E-state index in [1.807, 2.05) is 17.8 Å². The molecule has 5 nitrogen and oxygen atoms in total. The number of nitrogens with one attached hydrogen (secondary N) is 1. The molecule has 23 heavy (non-hydrogen) atoms. The minimum Gasteiger partial charge on any atom is -0.472 e. The average molecular weight is 437 g/mol. The molecule has 0 spiro atoms. The van der Waals surface area contributed by atoms with Gasteiger partial charge in [0.15, 0.2) is 0 Å². The normalized spacial score (nSPS) is 18.1. The van der Waals surface area contributed by atoms with Crippen molar-refractivity contribution in [2.75, 3.05) is 31.1 Å². The number of thioether (sulfide) groups is 1. The van der Waals surface area contributed by atoms with Gasteiger partial charge in [0, 0.05) is 36.7 Å². The minimum absolute atomic E-state index is 0.00664. The first-order valence-corrected chi connectivity index (χ1v) is 11.4. The molecule has 3 rings (SSSR count). The van der Waals surface area contributed by atoms with E-state index < -0.39 is 10.0 Å². The van der Waals surface area contributed by atoms with Gasteiger partial charge in [-0.2, -0.15) is 11.8 Å². The SMILES string of the molecule is O=S(=O)(NC[C@H](c1ccoc1)N1CCSCC1)c1ccc(Br)s1. The molecule has 126 valence electrons. The van der Waals surface area contributed by atoms with Crippen LogP contribution in [0.2, 0.25) is 0 Å². The predicted octanol–water partition coefficient (Wildman–Crippen LogP) is 3.17. The van der Waals surface area contributed by atoms with Crippen LogP contribution in [0.3, 0.4) is 0 Å². The Morgan fingerprint density at radius 1 is 1.30 bits per heavy atom. The lowest BCUT2D eigenvalue weighted by Crippen LogP contribution is -2.41. The van der Waals surface area contributed by atoms with E-state index in [0.29, 0.717) is 10.8 Å². The van der Waals surface area contributed by atoms with Gasteiger partial charge in [-0.3, -0.25) is 4.90 Å². The summed E-state index contributed by atoms with van der Waals surface area (Å²) in [5, 5.41) is 0. The first-order valence-electron chi connectivity index (χ1n) is 7.15. The highest BCUT2D eigenvalue weighted by molar-refractivity contribution is 9.11. The molecule has 9 heteroatoms. The molecule has 2 aromatic rings. The van der Waals surface area contributed by atoms with Crippen molar-refractivity contribution < 1.29 is 12.8 Å². The van der Waals surface area contributed by atoms with Gasteiger partial charge in [0.25, 0.3) is 0 Å². The van der Waals surface area contributed by atoms with Crippen LogP contribution in [0.25, 0.3) is 0 Å². The monoisotopic (exact) mass is 436 g/mol. The van der Waals surface area contributed by atoms with E-state index in [1.165, 1.54) is 11.3 Å². The summed E-state index contributed by atoms with van der Waals surface area (Å²) in [4.78, 5) is 2.31. The summed E-state index contributed by atoms with van der Waals surface area (Å²) in [5.74, 6) is 2.14. The van der Waals surface area contributed by atoms with Crippen molar-refractivity contribution in [1.29, 1.82) is 0 Å². The second kappa shape index (κ2) is 7.71. The number of furan rings is 1. The minimum atomic E-state index is -3.49. The Hall–Kier alpha value is -0.320. The Bertz CT molecular complexity index is 724. The van der Waals surface area contributed by atoms with Gasteiger partial charge in [0.05, 0.1) is 22.4 Å². The van der Waals surface area contributed by atoms with Crippen LogP contribution in [0.5, 0.6) is 0 Å². The van der Waals surface area contributed by atoms with Gasteiger partial charge in [-0.25, -0.2) is 13.1 Å². The molecule has 1 aliphatic rings. The zero-order valence-corrected chi connectivity index (χ0v) is 16.3. The van der Waals surface area contributed by atoms with Crippen LogP contribution in [-0.2, 0) is 10.0 Å². The molecular formula is C14H17BrN2O3S3. The number of nitrogens with zero attached hydrogens (tertiary/aromatic N) is 1. The molecule has 1 atom stereocenters. The van der Waals surface area contributed by atoms with Gasteiger partial charge < -0.3 is 4.42 Å². The second-order valence-corrected chi connectivity index (χ2v) is 10.8. The molecule has 0 amide bonds. The zero-order valence-electron chi connectivity index (χ0n) is 12.3. The van der Waals surface area contributed by atoms with Crippen LogP contribution in [-0.4, -0.2) is 44.5 Å². The molecule has 0 aromatic carbocycles. The van der Waals surface area contributed by atoms with Gasteiger partial charge in [-0.15, -0.1) is 11.3 Å². The molecule has 1 aliphatic heterocycles. The lowest BCUT2D eigenvalue weighted by Gasteiger charge is -2.33. The first kappa shape index (κ1) is 17.5. The fourth-order valence-corrected chi connectivity index (χ4v) is 6.54. The number of hydrogen-bond donors (Lipinski definition) is 1. The second-order valence-electron chi connectivity index (χ2n) is 5.13. The van der Waals surface area contributed by atoms with Crippen LogP contribution in [0.1, 0.15) is 11.6 Å². The highest BCUT2D eigenvalue weighted by Gasteiger charge is 2.26. The summed E-state index contributed by atoms with van der Waals surface area (Å²) in [7, 11) is -3.49. The van der Waals surface area contributed by atoms with E-state index >= 15 is 0 Å². The van der Waals surface area contributed by atoms with E-state index in [2.05, 4.69) is 25.6 Å². The lowest BCUT2D eigenvalue weighted by molar-refractivity contribution is 0.218. The molecular weight excluding hydrogens is 420 g/mol. The quantitative estimate of drug-likeness (QED) is 0.752. The van der Waals surface area contributed by atoms with Crippen molar-refractivity contribution >= 4 is 49.1 Å². The third-order valence-electron chi connectivity index (χ3n) is 3.69. The summed E-state index contributed by atoms with van der Waals surface area (Å²) in [6, 6.07) is 5.26. The van der Waals surface area contributed by atoms with Gasteiger partial charge >= 0.3 is 0 Å². The number of sulfonamides is 1. The van der Waals surface area contributed by atoms with Crippen molar-refractivity contribution in [3.05, 3.63) is 40.1 Å². The predicted molar refractivity (Wildman–Crippen MR) is 97.6 cm³/mol. The third kappa shape index (κ3) is 4.40. The fourth-order valence-electron chi connectivity index (χ4n) is 2.51. The summed E-state index contributed by atoms with van der Waals surface area (Å²) < 4.78 is 33.9. The standard InChI is InChI=1S/C14H17BrN2O3S3/c15-13-1-2-14(22-13)23(18,19)16-9-12(11-3-6-20-10-11)17-4-7-21-8-5-17/h1-3,6,10,12,16H,4-5,7-9H2/t12-/m1/s1. The molecule has 3 heterocycles. The largest absolute Gasteiger partial charge is 0.472 e. The van der Waals surface area contributed by atoms with Crippen molar-refractivity contribution in [3.63, 3.8) is 0 Å². The van der Waals surface area contributed by atoms with E-state index in [1.54, 1.807) is 24.7 Å². The highest BCUT2D eigenvalue weighted by atomic mass is 79.9. The maximum Gasteiger partial charge on any atom is 0.250 e. The van der Waals surface area contributed by atoms with Crippen LogP contribution >= 0.6 is 39.0 Å². The Kier molecular flexibility index (Phi) is 5.87. The first-order chi connectivity index (χ1) is 11.1. The Labute approximate surface area is 152 Å². The maximum absolute atomic E-state index is 12.4. The number of hydrogen-bond acceptors (Lipinski definition) is 6. The van der Waals surface area contributed by atoms with Crippen molar-refractivity contribution in [1.82, 2.24) is 9.62 Å². The van der Waals surface area contributed by atoms with Crippen LogP contribution in [0.15, 0.2) is 43.1 Å². The van der Waals surface area contributed by atoms with Gasteiger partial charge in [0.1, 0.15) is 4.21 Å². The van der Waals surface area contributed by atoms with Gasteiger partial charge in [-0.05, 0) is 34.1 Å². The molecule has 0 aliphatic carbocycles. The van der Waals surface area contributed by atoms with Crippen LogP contribution < -0.4 is 4.72 Å². The molecule has 0 unspecified atom stereocenters. The molecule has 0 radical (unpaired) electrons. The third-order valence-corrected chi connectivity index (χ3v) is 8.18. The number of halogens is 1. The molecule has 1 fully saturated rings. The maximum atomic E-state index is 12.4. The number of rotatable bonds is 6. The van der Waals surface area contributed by atoms with Gasteiger partial charge in [-0.1, -0.05) is 0 Å². The average Bonchev–Trinajstić information content (AvgIpc) is 3.20. The highest BCUT2D eigenvalue weighted by Crippen LogP contribution is 2.27. The topological polar surface area (TPSA) is 62.6 Å². The molecule has 0 saturated carbocycles. The zero-order chi connectivity index (χ0) is 16.3. The van der Waals surface area contributed by atoms with Crippen molar-refractivity contribution in [3.8, 4) is 0 Å². The summed E-state index contributed by atoms with van der Waals surface area (Å²) in [6.45, 7) is 2.24. The van der Waals surface area contributed by atoms with Crippen LogP contribution in [0.4, 0.5) is 0 Å². The molecule has 1 saturated heterocycles. The van der Waals surface area contributed by atoms with E-state index in [-0.39, 0.29) is 6.04 Å². The summed E-state index contributed by atoms with van der Waals surface area (Å²) in [6.07, 6.45) is 3.33. The summed E-state index contributed by atoms with van der Waals surface area (Å²) >= 11 is 6.44. The molecule has 1 N–H and O–H groups in total. The Morgan fingerprint density at radius 2 is 2.09 bits per heavy atom. The van der Waals surface area contributed by atoms with E-state index in [4.69, 9.17) is 4.42 Å². The van der Waals surface area contributed by atoms with Gasteiger partial charge in [0.2, 0.25) is 10.0 Å². The van der Waals surface area contributed by atoms with E-state index in [0.717, 1.165) is 33.9 Å². The van der Waals surface area contributed by atoms with E-state index in [9.17, 15) is 8.42 Å².